The number of allylic oxidation sites excluding steroid dienone is 1. The van der Waals surface area contributed by atoms with E-state index in [1.807, 2.05) is 0 Å². The zero-order chi connectivity index (χ0) is 17.8. The molecule has 0 heterocycles. The fraction of sp³-hybridized carbons (Fsp3) is 0.652. The largest absolute Gasteiger partial charge is 0.388 e. The van der Waals surface area contributed by atoms with Crippen molar-refractivity contribution in [2.45, 2.75) is 68.8 Å². The van der Waals surface area contributed by atoms with E-state index in [9.17, 15) is 0 Å². The van der Waals surface area contributed by atoms with Crippen LogP contribution in [0.4, 0.5) is 0 Å². The molecular weight excluding hydrogens is 336 g/mol. The van der Waals surface area contributed by atoms with Gasteiger partial charge in [-0.3, -0.25) is 4.72 Å². The third-order valence-corrected chi connectivity index (χ3v) is 9.39. The second-order valence-electron chi connectivity index (χ2n) is 9.44. The molecule has 140 valence electrons. The van der Waals surface area contributed by atoms with Crippen LogP contribution >= 0.6 is 11.9 Å². The molecule has 2 nitrogen and oxygen atoms in total. The average molecular weight is 369 g/mol. The molecule has 0 radical (unpaired) electrons. The van der Waals surface area contributed by atoms with Crippen LogP contribution in [0.1, 0.15) is 52.4 Å². The fourth-order valence-electron chi connectivity index (χ4n) is 6.71. The van der Waals surface area contributed by atoms with Crippen LogP contribution in [0.15, 0.2) is 47.5 Å². The van der Waals surface area contributed by atoms with Gasteiger partial charge in [0.2, 0.25) is 0 Å². The minimum Gasteiger partial charge on any atom is -0.388 e. The molecule has 26 heavy (non-hydrogen) atoms. The van der Waals surface area contributed by atoms with Gasteiger partial charge in [-0.25, -0.2) is 0 Å². The van der Waals surface area contributed by atoms with Gasteiger partial charge < -0.3 is 5.32 Å². The van der Waals surface area contributed by atoms with Crippen molar-refractivity contribution in [3.05, 3.63) is 42.6 Å². The Morgan fingerprint density at radius 1 is 1.04 bits per heavy atom. The van der Waals surface area contributed by atoms with Crippen LogP contribution in [0.2, 0.25) is 0 Å². The molecule has 3 heteroatoms. The SMILES string of the molecule is C/C=C/NC1C2CC3CC4CC1C342.CC1(NSc2ccccc2)CCC1. The van der Waals surface area contributed by atoms with E-state index < -0.39 is 0 Å². The first-order valence-corrected chi connectivity index (χ1v) is 11.4. The van der Waals surface area contributed by atoms with Gasteiger partial charge in [-0.1, -0.05) is 24.3 Å². The Hall–Kier alpha value is -0.930. The van der Waals surface area contributed by atoms with Crippen LogP contribution in [0, 0.1) is 29.1 Å². The summed E-state index contributed by atoms with van der Waals surface area (Å²) in [4.78, 5) is 1.30. The van der Waals surface area contributed by atoms with Crippen LogP contribution in [0.3, 0.4) is 0 Å². The smallest absolute Gasteiger partial charge is 0.0323 e. The van der Waals surface area contributed by atoms with Crippen LogP contribution in [-0.2, 0) is 0 Å². The van der Waals surface area contributed by atoms with Crippen molar-refractivity contribution in [1.29, 1.82) is 0 Å². The van der Waals surface area contributed by atoms with Crippen LogP contribution < -0.4 is 10.0 Å². The maximum absolute atomic E-state index is 3.59. The lowest BCUT2D eigenvalue weighted by atomic mass is 9.17. The second-order valence-corrected chi connectivity index (χ2v) is 10.3. The lowest BCUT2D eigenvalue weighted by Gasteiger charge is -2.88. The normalized spacial score (nSPS) is 42.3. The molecule has 2 N–H and O–H groups in total. The van der Waals surface area contributed by atoms with Gasteiger partial charge in [0.15, 0.2) is 0 Å². The zero-order valence-electron chi connectivity index (χ0n) is 16.1. The standard InChI is InChI=1S/C12H17N.C11H15NS/c1-2-3-13-11-9-5-7-4-8-6-10(11)12(7,8)9;1-11(8-5-9-11)12-13-10-6-3-2-4-7-10/h2-3,7-11,13H,4-6H2,1H3;2-4,6-7,12H,5,8-9H2,1H3/b3-2+;. The fourth-order valence-corrected chi connectivity index (χ4v) is 7.57. The molecule has 5 aliphatic carbocycles. The van der Waals surface area contributed by atoms with Gasteiger partial charge in [-0.2, -0.15) is 0 Å². The molecule has 1 spiro atoms. The van der Waals surface area contributed by atoms with E-state index in [1.54, 1.807) is 31.2 Å². The summed E-state index contributed by atoms with van der Waals surface area (Å²) >= 11 is 1.75. The summed E-state index contributed by atoms with van der Waals surface area (Å²) in [6, 6.07) is 11.3. The maximum Gasteiger partial charge on any atom is 0.0323 e. The molecule has 6 rings (SSSR count). The molecule has 1 aromatic rings. The molecule has 0 saturated heterocycles. The first kappa shape index (κ1) is 17.2. The van der Waals surface area contributed by atoms with Gasteiger partial charge in [0.25, 0.3) is 0 Å². The van der Waals surface area contributed by atoms with Crippen molar-refractivity contribution in [1.82, 2.24) is 10.0 Å². The van der Waals surface area contributed by atoms with Crippen molar-refractivity contribution in [2.75, 3.05) is 0 Å². The number of hydrogen-bond acceptors (Lipinski definition) is 3. The van der Waals surface area contributed by atoms with Crippen LogP contribution in [0.5, 0.6) is 0 Å². The van der Waals surface area contributed by atoms with E-state index >= 15 is 0 Å². The van der Waals surface area contributed by atoms with Gasteiger partial charge in [0.1, 0.15) is 0 Å². The Morgan fingerprint density at radius 2 is 1.73 bits per heavy atom. The van der Waals surface area contributed by atoms with Crippen molar-refractivity contribution in [3.63, 3.8) is 0 Å². The first-order chi connectivity index (χ1) is 12.7. The molecule has 4 atom stereocenters. The Labute approximate surface area is 162 Å². The van der Waals surface area contributed by atoms with E-state index in [0.717, 1.165) is 23.3 Å². The van der Waals surface area contributed by atoms with Gasteiger partial charge in [-0.15, -0.1) is 0 Å². The summed E-state index contributed by atoms with van der Waals surface area (Å²) in [6.45, 7) is 4.39. The van der Waals surface area contributed by atoms with E-state index in [4.69, 9.17) is 0 Å². The number of benzene rings is 1. The minimum absolute atomic E-state index is 0.389. The molecule has 0 aliphatic heterocycles. The number of rotatable bonds is 5. The Balaban J connectivity index is 0.000000115. The quantitative estimate of drug-likeness (QED) is 0.682. The molecular formula is C23H32N2S. The predicted molar refractivity (Wildman–Crippen MR) is 110 cm³/mol. The zero-order valence-corrected chi connectivity index (χ0v) is 16.9. The number of hydrogen-bond donors (Lipinski definition) is 2. The van der Waals surface area contributed by atoms with E-state index in [2.05, 4.69) is 66.5 Å². The highest BCUT2D eigenvalue weighted by Gasteiger charge is 2.84. The molecule has 0 amide bonds. The molecule has 4 unspecified atom stereocenters. The summed E-state index contributed by atoms with van der Waals surface area (Å²) in [6.07, 6.45) is 12.9. The lowest BCUT2D eigenvalue weighted by molar-refractivity contribution is -0.390. The molecule has 1 aromatic carbocycles. The summed E-state index contributed by atoms with van der Waals surface area (Å²) < 4.78 is 3.53. The van der Waals surface area contributed by atoms with Crippen molar-refractivity contribution >= 4 is 11.9 Å². The molecule has 0 aromatic heterocycles. The first-order valence-electron chi connectivity index (χ1n) is 10.5. The Kier molecular flexibility index (Phi) is 4.17. The highest BCUT2D eigenvalue weighted by molar-refractivity contribution is 7.97. The second kappa shape index (κ2) is 6.31. The van der Waals surface area contributed by atoms with Gasteiger partial charge in [-0.05, 0) is 112 Å². The summed E-state index contributed by atoms with van der Waals surface area (Å²) in [5.41, 5.74) is 1.32. The molecule has 0 bridgehead atoms. The average Bonchev–Trinajstić information content (AvgIpc) is 2.57. The van der Waals surface area contributed by atoms with Crippen LogP contribution in [0.25, 0.3) is 0 Å². The summed E-state index contributed by atoms with van der Waals surface area (Å²) in [7, 11) is 0. The van der Waals surface area contributed by atoms with E-state index in [1.165, 1.54) is 36.0 Å². The van der Waals surface area contributed by atoms with E-state index in [0.29, 0.717) is 5.54 Å². The summed E-state index contributed by atoms with van der Waals surface area (Å²) in [5.74, 6) is 4.49. The Morgan fingerprint density at radius 3 is 2.27 bits per heavy atom. The predicted octanol–water partition coefficient (Wildman–Crippen LogP) is 5.38. The third kappa shape index (κ3) is 2.36. The highest BCUT2D eigenvalue weighted by atomic mass is 32.2. The topological polar surface area (TPSA) is 24.1 Å². The van der Waals surface area contributed by atoms with Crippen molar-refractivity contribution in [2.24, 2.45) is 29.1 Å². The van der Waals surface area contributed by atoms with Crippen LogP contribution in [-0.4, -0.2) is 11.6 Å². The maximum atomic E-state index is 3.59. The highest BCUT2D eigenvalue weighted by Crippen LogP contribution is 2.87. The van der Waals surface area contributed by atoms with Crippen molar-refractivity contribution < 1.29 is 0 Å². The number of nitrogens with one attached hydrogen (secondary N) is 2. The Bertz CT molecular complexity index is 659. The molecule has 5 aliphatic rings. The minimum atomic E-state index is 0.389. The monoisotopic (exact) mass is 368 g/mol. The molecule has 5 saturated carbocycles. The molecule has 5 fully saturated rings. The van der Waals surface area contributed by atoms with Gasteiger partial charge >= 0.3 is 0 Å². The van der Waals surface area contributed by atoms with E-state index in [-0.39, 0.29) is 0 Å². The lowest BCUT2D eigenvalue weighted by Crippen LogP contribution is -2.87. The summed E-state index contributed by atoms with van der Waals surface area (Å²) in [5, 5.41) is 3.59. The van der Waals surface area contributed by atoms with Crippen molar-refractivity contribution in [3.8, 4) is 0 Å². The third-order valence-electron chi connectivity index (χ3n) is 8.28. The van der Waals surface area contributed by atoms with Gasteiger partial charge in [0, 0.05) is 16.5 Å². The van der Waals surface area contributed by atoms with Gasteiger partial charge in [0.05, 0.1) is 0 Å².